The second kappa shape index (κ2) is 5.05. The molecular formula is C11H16FN3O. The Morgan fingerprint density at radius 1 is 1.56 bits per heavy atom. The Bertz CT molecular complexity index is 393. The molecule has 0 aliphatic heterocycles. The van der Waals surface area contributed by atoms with E-state index in [9.17, 15) is 9.18 Å². The molecular weight excluding hydrogens is 209 g/mol. The Hall–Kier alpha value is -1.46. The molecule has 0 bridgehead atoms. The van der Waals surface area contributed by atoms with Crippen molar-refractivity contribution in [2.75, 3.05) is 7.05 Å². The van der Waals surface area contributed by atoms with Crippen LogP contribution in [-0.4, -0.2) is 18.0 Å². The zero-order valence-corrected chi connectivity index (χ0v) is 9.40. The molecule has 0 aromatic heterocycles. The van der Waals surface area contributed by atoms with E-state index in [0.29, 0.717) is 5.56 Å². The van der Waals surface area contributed by atoms with Crippen LogP contribution in [0.5, 0.6) is 0 Å². The fourth-order valence-electron chi connectivity index (χ4n) is 1.35. The van der Waals surface area contributed by atoms with Gasteiger partial charge in [-0.15, -0.1) is 0 Å². The van der Waals surface area contributed by atoms with E-state index < -0.39 is 6.04 Å². The van der Waals surface area contributed by atoms with Crippen LogP contribution >= 0.6 is 0 Å². The van der Waals surface area contributed by atoms with Gasteiger partial charge in [0.2, 0.25) is 5.91 Å². The van der Waals surface area contributed by atoms with Crippen LogP contribution in [0, 0.1) is 12.7 Å². The van der Waals surface area contributed by atoms with Gasteiger partial charge in [-0.3, -0.25) is 9.80 Å². The number of halogens is 1. The van der Waals surface area contributed by atoms with Crippen molar-refractivity contribution >= 4 is 5.91 Å². The SMILES string of the molecule is Cc1cc(C(N)CC(=O)N(C)N)ccc1F. The van der Waals surface area contributed by atoms with Crippen molar-refractivity contribution in [1.29, 1.82) is 0 Å². The van der Waals surface area contributed by atoms with E-state index in [4.69, 9.17) is 11.6 Å². The maximum absolute atomic E-state index is 13.0. The molecule has 0 spiro atoms. The summed E-state index contributed by atoms with van der Waals surface area (Å²) in [7, 11) is 1.46. The van der Waals surface area contributed by atoms with Gasteiger partial charge in [0, 0.05) is 19.5 Å². The lowest BCUT2D eigenvalue weighted by molar-refractivity contribution is -0.130. The van der Waals surface area contributed by atoms with E-state index in [1.807, 2.05) is 0 Å². The van der Waals surface area contributed by atoms with Crippen molar-refractivity contribution in [2.45, 2.75) is 19.4 Å². The molecule has 0 radical (unpaired) electrons. The predicted molar refractivity (Wildman–Crippen MR) is 59.6 cm³/mol. The molecule has 1 amide bonds. The molecule has 1 atom stereocenters. The third-order valence-corrected chi connectivity index (χ3v) is 2.40. The Labute approximate surface area is 94.0 Å². The van der Waals surface area contributed by atoms with Crippen molar-refractivity contribution in [2.24, 2.45) is 11.6 Å². The smallest absolute Gasteiger partial charge is 0.238 e. The van der Waals surface area contributed by atoms with Gasteiger partial charge in [0.15, 0.2) is 0 Å². The molecule has 4 nitrogen and oxygen atoms in total. The van der Waals surface area contributed by atoms with Crippen LogP contribution in [-0.2, 0) is 4.79 Å². The molecule has 4 N–H and O–H groups in total. The Kier molecular flexibility index (Phi) is 3.98. The minimum atomic E-state index is -0.460. The molecule has 0 aliphatic carbocycles. The van der Waals surface area contributed by atoms with E-state index in [-0.39, 0.29) is 18.1 Å². The normalized spacial score (nSPS) is 12.3. The number of carbonyl (C=O) groups is 1. The summed E-state index contributed by atoms with van der Waals surface area (Å²) in [5.41, 5.74) is 7.07. The minimum absolute atomic E-state index is 0.109. The molecule has 1 rings (SSSR count). The quantitative estimate of drug-likeness (QED) is 0.455. The van der Waals surface area contributed by atoms with Crippen LogP contribution in [0.2, 0.25) is 0 Å². The number of amides is 1. The summed E-state index contributed by atoms with van der Waals surface area (Å²) in [5.74, 6) is 4.75. The van der Waals surface area contributed by atoms with Gasteiger partial charge in [0.25, 0.3) is 0 Å². The first kappa shape index (κ1) is 12.6. The summed E-state index contributed by atoms with van der Waals surface area (Å²) in [4.78, 5) is 11.3. The summed E-state index contributed by atoms with van der Waals surface area (Å²) in [6, 6.07) is 4.11. The number of hydrogen-bond donors (Lipinski definition) is 2. The highest BCUT2D eigenvalue weighted by Crippen LogP contribution is 2.17. The number of nitrogens with two attached hydrogens (primary N) is 2. The first-order valence-corrected chi connectivity index (χ1v) is 4.94. The lowest BCUT2D eigenvalue weighted by atomic mass is 10.0. The Morgan fingerprint density at radius 3 is 2.69 bits per heavy atom. The summed E-state index contributed by atoms with van der Waals surface area (Å²) in [6.45, 7) is 1.66. The second-order valence-corrected chi connectivity index (χ2v) is 3.82. The van der Waals surface area contributed by atoms with Crippen LogP contribution in [0.1, 0.15) is 23.6 Å². The van der Waals surface area contributed by atoms with E-state index in [1.54, 1.807) is 19.1 Å². The van der Waals surface area contributed by atoms with Gasteiger partial charge in [0.1, 0.15) is 5.82 Å². The summed E-state index contributed by atoms with van der Waals surface area (Å²) in [6.07, 6.45) is 0.109. The molecule has 16 heavy (non-hydrogen) atoms. The molecule has 1 aromatic carbocycles. The Balaban J connectivity index is 2.77. The first-order valence-electron chi connectivity index (χ1n) is 4.94. The van der Waals surface area contributed by atoms with Crippen molar-refractivity contribution in [1.82, 2.24) is 5.01 Å². The van der Waals surface area contributed by atoms with Gasteiger partial charge >= 0.3 is 0 Å². The number of carbonyl (C=O) groups excluding carboxylic acids is 1. The monoisotopic (exact) mass is 225 g/mol. The topological polar surface area (TPSA) is 72.4 Å². The third-order valence-electron chi connectivity index (χ3n) is 2.40. The summed E-state index contributed by atoms with van der Waals surface area (Å²) in [5, 5.41) is 0.996. The van der Waals surface area contributed by atoms with Crippen molar-refractivity contribution in [3.63, 3.8) is 0 Å². The van der Waals surface area contributed by atoms with Gasteiger partial charge in [-0.05, 0) is 24.1 Å². The lowest BCUT2D eigenvalue weighted by Crippen LogP contribution is -2.35. The van der Waals surface area contributed by atoms with Gasteiger partial charge in [-0.1, -0.05) is 12.1 Å². The maximum atomic E-state index is 13.0. The molecule has 5 heteroatoms. The van der Waals surface area contributed by atoms with E-state index in [0.717, 1.165) is 10.6 Å². The molecule has 0 saturated heterocycles. The van der Waals surface area contributed by atoms with Crippen LogP contribution in [0.15, 0.2) is 18.2 Å². The van der Waals surface area contributed by atoms with Crippen molar-refractivity contribution in [3.8, 4) is 0 Å². The molecule has 1 aromatic rings. The number of rotatable bonds is 3. The number of nitrogens with zero attached hydrogens (tertiary/aromatic N) is 1. The molecule has 1 unspecified atom stereocenters. The zero-order chi connectivity index (χ0) is 12.3. The average molecular weight is 225 g/mol. The van der Waals surface area contributed by atoms with E-state index in [2.05, 4.69) is 0 Å². The fourth-order valence-corrected chi connectivity index (χ4v) is 1.35. The zero-order valence-electron chi connectivity index (χ0n) is 9.40. The van der Waals surface area contributed by atoms with Crippen molar-refractivity contribution < 1.29 is 9.18 Å². The number of hydrazine groups is 1. The lowest BCUT2D eigenvalue weighted by Gasteiger charge is -2.15. The summed E-state index contributed by atoms with van der Waals surface area (Å²) >= 11 is 0. The highest BCUT2D eigenvalue weighted by Gasteiger charge is 2.14. The minimum Gasteiger partial charge on any atom is -0.324 e. The van der Waals surface area contributed by atoms with Crippen LogP contribution in [0.4, 0.5) is 4.39 Å². The standard InChI is InChI=1S/C11H16FN3O/c1-7-5-8(3-4-9(7)12)10(13)6-11(16)15(2)14/h3-5,10H,6,13-14H2,1-2H3. The van der Waals surface area contributed by atoms with Gasteiger partial charge < -0.3 is 5.73 Å². The first-order chi connectivity index (χ1) is 7.41. The average Bonchev–Trinajstić information content (AvgIpc) is 2.21. The van der Waals surface area contributed by atoms with Crippen LogP contribution in [0.25, 0.3) is 0 Å². The second-order valence-electron chi connectivity index (χ2n) is 3.82. The predicted octanol–water partition coefficient (Wildman–Crippen LogP) is 0.856. The number of aryl methyl sites for hydroxylation is 1. The summed E-state index contributed by atoms with van der Waals surface area (Å²) < 4.78 is 13.0. The van der Waals surface area contributed by atoms with E-state index >= 15 is 0 Å². The largest absolute Gasteiger partial charge is 0.324 e. The van der Waals surface area contributed by atoms with Gasteiger partial charge in [0.05, 0.1) is 0 Å². The highest BCUT2D eigenvalue weighted by molar-refractivity contribution is 5.76. The molecule has 88 valence electrons. The number of benzene rings is 1. The third kappa shape index (κ3) is 3.01. The molecule has 0 saturated carbocycles. The number of hydrogen-bond acceptors (Lipinski definition) is 3. The highest BCUT2D eigenvalue weighted by atomic mass is 19.1. The fraction of sp³-hybridized carbons (Fsp3) is 0.364. The Morgan fingerprint density at radius 2 is 2.19 bits per heavy atom. The van der Waals surface area contributed by atoms with Crippen molar-refractivity contribution in [3.05, 3.63) is 35.1 Å². The molecule has 0 aliphatic rings. The van der Waals surface area contributed by atoms with Crippen LogP contribution in [0.3, 0.4) is 0 Å². The van der Waals surface area contributed by atoms with Crippen LogP contribution < -0.4 is 11.6 Å². The van der Waals surface area contributed by atoms with Gasteiger partial charge in [-0.2, -0.15) is 0 Å². The van der Waals surface area contributed by atoms with E-state index in [1.165, 1.54) is 13.1 Å². The molecule has 0 heterocycles. The van der Waals surface area contributed by atoms with Gasteiger partial charge in [-0.25, -0.2) is 10.2 Å². The maximum Gasteiger partial charge on any atom is 0.238 e. The molecule has 0 fully saturated rings.